The molecule has 2 aromatic heterocycles. The van der Waals surface area contributed by atoms with Gasteiger partial charge in [-0.25, -0.2) is 0 Å². The zero-order valence-corrected chi connectivity index (χ0v) is 13.7. The van der Waals surface area contributed by atoms with Gasteiger partial charge in [-0.05, 0) is 17.7 Å². The highest BCUT2D eigenvalue weighted by Crippen LogP contribution is 2.17. The van der Waals surface area contributed by atoms with Gasteiger partial charge in [0, 0.05) is 18.3 Å². The van der Waals surface area contributed by atoms with Crippen LogP contribution in [0.5, 0.6) is 0 Å². The van der Waals surface area contributed by atoms with Gasteiger partial charge in [-0.3, -0.25) is 14.2 Å². The second-order valence-corrected chi connectivity index (χ2v) is 5.82. The second-order valence-electron chi connectivity index (χ2n) is 4.98. The Morgan fingerprint density at radius 3 is 2.78 bits per heavy atom. The molecule has 0 aliphatic carbocycles. The molecule has 0 atom stereocenters. The summed E-state index contributed by atoms with van der Waals surface area (Å²) < 4.78 is 3.14. The fourth-order valence-electron chi connectivity index (χ4n) is 2.19. The van der Waals surface area contributed by atoms with E-state index in [0.29, 0.717) is 28.0 Å². The highest BCUT2D eigenvalue weighted by atomic mass is 35.5. The molecule has 0 spiro atoms. The molecule has 0 saturated heterocycles. The van der Waals surface area contributed by atoms with Crippen LogP contribution in [0.25, 0.3) is 0 Å². The number of anilines is 1. The minimum absolute atomic E-state index is 0.300. The lowest BCUT2D eigenvalue weighted by Gasteiger charge is -2.04. The zero-order chi connectivity index (χ0) is 16.4. The lowest BCUT2D eigenvalue weighted by molar-refractivity contribution is 0.101. The van der Waals surface area contributed by atoms with Crippen molar-refractivity contribution in [3.63, 3.8) is 0 Å². The monoisotopic (exact) mass is 349 g/mol. The van der Waals surface area contributed by atoms with Gasteiger partial charge in [0.15, 0.2) is 0 Å². The summed E-state index contributed by atoms with van der Waals surface area (Å²) in [6.45, 7) is 0.558. The third-order valence-electron chi connectivity index (χ3n) is 3.23. The number of nitrogens with one attached hydrogen (secondary N) is 1. The fourth-order valence-corrected chi connectivity index (χ4v) is 2.66. The Morgan fingerprint density at radius 2 is 2.09 bits per heavy atom. The fraction of sp³-hybridized carbons (Fsp3) is 0.133. The van der Waals surface area contributed by atoms with E-state index in [4.69, 9.17) is 23.2 Å². The Balaban J connectivity index is 1.71. The minimum Gasteiger partial charge on any atom is -0.318 e. The number of hydrogen-bond donors (Lipinski definition) is 1. The maximum absolute atomic E-state index is 12.2. The largest absolute Gasteiger partial charge is 0.318 e. The van der Waals surface area contributed by atoms with E-state index in [2.05, 4.69) is 15.5 Å². The molecule has 0 aliphatic rings. The Labute approximate surface area is 142 Å². The first-order chi connectivity index (χ1) is 11.0. The van der Waals surface area contributed by atoms with Crippen molar-refractivity contribution in [2.45, 2.75) is 6.54 Å². The molecule has 8 heteroatoms. The van der Waals surface area contributed by atoms with E-state index in [1.807, 2.05) is 24.3 Å². The van der Waals surface area contributed by atoms with E-state index in [1.165, 1.54) is 10.9 Å². The lowest BCUT2D eigenvalue weighted by atomic mass is 10.2. The molecule has 0 bridgehead atoms. The van der Waals surface area contributed by atoms with Crippen LogP contribution >= 0.6 is 23.2 Å². The van der Waals surface area contributed by atoms with Crippen LogP contribution < -0.4 is 5.32 Å². The molecule has 1 aromatic carbocycles. The number of aryl methyl sites for hydroxylation is 1. The maximum Gasteiger partial charge on any atom is 0.275 e. The van der Waals surface area contributed by atoms with E-state index in [9.17, 15) is 4.79 Å². The van der Waals surface area contributed by atoms with Crippen molar-refractivity contribution in [3.8, 4) is 0 Å². The van der Waals surface area contributed by atoms with Crippen molar-refractivity contribution >= 4 is 34.8 Å². The summed E-state index contributed by atoms with van der Waals surface area (Å²) in [5, 5.41) is 11.9. The van der Waals surface area contributed by atoms with E-state index < -0.39 is 0 Å². The van der Waals surface area contributed by atoms with Crippen LogP contribution in [0, 0.1) is 0 Å². The van der Waals surface area contributed by atoms with Gasteiger partial charge >= 0.3 is 0 Å². The minimum atomic E-state index is -0.336. The molecule has 118 valence electrons. The van der Waals surface area contributed by atoms with Gasteiger partial charge in [-0.2, -0.15) is 10.2 Å². The molecule has 2 heterocycles. The third-order valence-corrected chi connectivity index (χ3v) is 3.75. The number of halogens is 2. The van der Waals surface area contributed by atoms with Crippen LogP contribution in [0.3, 0.4) is 0 Å². The van der Waals surface area contributed by atoms with E-state index in [-0.39, 0.29) is 5.91 Å². The van der Waals surface area contributed by atoms with Crippen LogP contribution in [0.2, 0.25) is 10.0 Å². The number of aromatic nitrogens is 4. The number of benzene rings is 1. The van der Waals surface area contributed by atoms with Gasteiger partial charge in [0.25, 0.3) is 5.91 Å². The molecular weight excluding hydrogens is 337 g/mol. The highest BCUT2D eigenvalue weighted by molar-refractivity contribution is 6.34. The molecular formula is C15H13Cl2N5O. The topological polar surface area (TPSA) is 64.7 Å². The molecule has 6 nitrogen and oxygen atoms in total. The van der Waals surface area contributed by atoms with E-state index in [1.54, 1.807) is 24.1 Å². The summed E-state index contributed by atoms with van der Waals surface area (Å²) >= 11 is 11.9. The van der Waals surface area contributed by atoms with Gasteiger partial charge < -0.3 is 5.32 Å². The van der Waals surface area contributed by atoms with Crippen LogP contribution in [0.4, 0.5) is 5.69 Å². The summed E-state index contributed by atoms with van der Waals surface area (Å²) in [7, 11) is 1.66. The Kier molecular flexibility index (Phi) is 4.36. The van der Waals surface area contributed by atoms with Gasteiger partial charge in [0.2, 0.25) is 0 Å². The summed E-state index contributed by atoms with van der Waals surface area (Å²) in [5.74, 6) is -0.336. The average molecular weight is 350 g/mol. The second kappa shape index (κ2) is 6.44. The number of rotatable bonds is 4. The van der Waals surface area contributed by atoms with Crippen molar-refractivity contribution in [1.82, 2.24) is 19.6 Å². The molecule has 3 rings (SSSR count). The molecule has 0 radical (unpaired) electrons. The molecule has 3 aromatic rings. The van der Waals surface area contributed by atoms with Crippen LogP contribution in [0.1, 0.15) is 16.1 Å². The third kappa shape index (κ3) is 3.55. The summed E-state index contributed by atoms with van der Waals surface area (Å²) in [5.41, 5.74) is 1.90. The zero-order valence-electron chi connectivity index (χ0n) is 12.2. The SMILES string of the molecule is Cn1ncc(Cl)c1C(=O)Nc1cnn(Cc2cccc(Cl)c2)c1. The highest BCUT2D eigenvalue weighted by Gasteiger charge is 2.16. The molecule has 1 amide bonds. The lowest BCUT2D eigenvalue weighted by Crippen LogP contribution is -2.16. The van der Waals surface area contributed by atoms with Crippen LogP contribution in [0.15, 0.2) is 42.9 Å². The van der Waals surface area contributed by atoms with Crippen molar-refractivity contribution in [2.75, 3.05) is 5.32 Å². The first-order valence-corrected chi connectivity index (χ1v) is 7.54. The van der Waals surface area contributed by atoms with Crippen molar-refractivity contribution in [3.05, 3.63) is 64.2 Å². The number of carbonyl (C=O) groups is 1. The summed E-state index contributed by atoms with van der Waals surface area (Å²) in [4.78, 5) is 12.2. The molecule has 23 heavy (non-hydrogen) atoms. The number of nitrogens with zero attached hydrogens (tertiary/aromatic N) is 4. The van der Waals surface area contributed by atoms with Crippen LogP contribution in [-0.4, -0.2) is 25.5 Å². The number of hydrogen-bond acceptors (Lipinski definition) is 3. The first-order valence-electron chi connectivity index (χ1n) is 6.78. The predicted octanol–water partition coefficient (Wildman–Crippen LogP) is 3.22. The van der Waals surface area contributed by atoms with Gasteiger partial charge in [-0.1, -0.05) is 35.3 Å². The van der Waals surface area contributed by atoms with Crippen molar-refractivity contribution in [2.24, 2.45) is 7.05 Å². The maximum atomic E-state index is 12.2. The smallest absolute Gasteiger partial charge is 0.275 e. The Hall–Kier alpha value is -2.31. The molecule has 0 saturated carbocycles. The molecule has 0 unspecified atom stereocenters. The Morgan fingerprint density at radius 1 is 1.26 bits per heavy atom. The van der Waals surface area contributed by atoms with E-state index >= 15 is 0 Å². The summed E-state index contributed by atoms with van der Waals surface area (Å²) in [6.07, 6.45) is 4.74. The van der Waals surface area contributed by atoms with E-state index in [0.717, 1.165) is 5.56 Å². The van der Waals surface area contributed by atoms with Crippen molar-refractivity contribution in [1.29, 1.82) is 0 Å². The normalized spacial score (nSPS) is 10.7. The first kappa shape index (κ1) is 15.6. The number of carbonyl (C=O) groups excluding carboxylic acids is 1. The quantitative estimate of drug-likeness (QED) is 0.786. The molecule has 1 N–H and O–H groups in total. The van der Waals surface area contributed by atoms with Crippen molar-refractivity contribution < 1.29 is 4.79 Å². The van der Waals surface area contributed by atoms with Gasteiger partial charge in [0.1, 0.15) is 5.69 Å². The summed E-state index contributed by atoms with van der Waals surface area (Å²) in [6, 6.07) is 7.53. The average Bonchev–Trinajstić information content (AvgIpc) is 3.06. The molecule has 0 fully saturated rings. The van der Waals surface area contributed by atoms with Gasteiger partial charge in [0.05, 0.1) is 29.6 Å². The van der Waals surface area contributed by atoms with Crippen LogP contribution in [-0.2, 0) is 13.6 Å². The Bertz CT molecular complexity index is 836. The number of amides is 1. The van der Waals surface area contributed by atoms with Gasteiger partial charge in [-0.15, -0.1) is 0 Å². The standard InChI is InChI=1S/C15H13Cl2N5O/c1-21-14(13(17)7-18-21)15(23)20-12-6-19-22(9-12)8-10-3-2-4-11(16)5-10/h2-7,9H,8H2,1H3,(H,20,23). The predicted molar refractivity (Wildman–Crippen MR) is 89.0 cm³/mol. The molecule has 0 aliphatic heterocycles.